The lowest BCUT2D eigenvalue weighted by Gasteiger charge is -2.24. The van der Waals surface area contributed by atoms with E-state index in [1.807, 2.05) is 0 Å². The maximum atomic E-state index is 11.9. The summed E-state index contributed by atoms with van der Waals surface area (Å²) in [6, 6.07) is -0.339. The number of amides is 2. The quantitative estimate of drug-likeness (QED) is 0.884. The Kier molecular flexibility index (Phi) is 4.22. The van der Waals surface area contributed by atoms with Crippen molar-refractivity contribution in [2.45, 2.75) is 26.7 Å². The molecule has 0 saturated heterocycles. The van der Waals surface area contributed by atoms with E-state index in [4.69, 9.17) is 0 Å². The third kappa shape index (κ3) is 3.62. The Hall–Kier alpha value is -1.30. The van der Waals surface area contributed by atoms with Crippen molar-refractivity contribution in [1.82, 2.24) is 9.88 Å². The van der Waals surface area contributed by atoms with E-state index in [-0.39, 0.29) is 22.6 Å². The van der Waals surface area contributed by atoms with Crippen LogP contribution in [0.1, 0.15) is 26.7 Å². The number of carbonyl (C=O) groups is 1. The van der Waals surface area contributed by atoms with Gasteiger partial charge in [0.1, 0.15) is 5.69 Å². The number of urea groups is 1. The normalized spacial score (nSPS) is 15.0. The molecule has 2 amide bonds. The van der Waals surface area contributed by atoms with Crippen molar-refractivity contribution >= 4 is 27.6 Å². The lowest BCUT2D eigenvalue weighted by atomic mass is 9.87. The second-order valence-corrected chi connectivity index (χ2v) is 6.94. The Bertz CT molecular complexity index is 576. The van der Waals surface area contributed by atoms with Crippen molar-refractivity contribution in [3.05, 3.63) is 27.1 Å². The fourth-order valence-corrected chi connectivity index (χ4v) is 2.77. The highest BCUT2D eigenvalue weighted by molar-refractivity contribution is 9.10. The molecular formula is C14H20BrN3O2. The first-order chi connectivity index (χ1) is 9.29. The standard InChI is InChI=1S/C14H20BrN3O2/c1-14(2,9-4-5-9)8-16-13(20)17-11-7-18(3)6-10(15)12(11)19/h6-7,9H,4-5,8H2,1-3H3,(H2,16,17,20). The molecule has 0 aromatic carbocycles. The third-order valence-electron chi connectivity index (χ3n) is 3.75. The summed E-state index contributed by atoms with van der Waals surface area (Å²) in [6.07, 6.45) is 5.73. The van der Waals surface area contributed by atoms with Crippen molar-refractivity contribution in [1.29, 1.82) is 0 Å². The van der Waals surface area contributed by atoms with Crippen LogP contribution in [0.15, 0.2) is 21.7 Å². The molecule has 0 spiro atoms. The molecule has 0 unspecified atom stereocenters. The predicted octanol–water partition coefficient (Wildman–Crippen LogP) is 2.71. The van der Waals surface area contributed by atoms with Crippen LogP contribution in [0.3, 0.4) is 0 Å². The average Bonchev–Trinajstić information content (AvgIpc) is 3.17. The summed E-state index contributed by atoms with van der Waals surface area (Å²) in [4.78, 5) is 23.8. The van der Waals surface area contributed by atoms with Gasteiger partial charge in [0.25, 0.3) is 0 Å². The van der Waals surface area contributed by atoms with E-state index in [0.29, 0.717) is 16.9 Å². The molecule has 1 fully saturated rings. The number of nitrogens with one attached hydrogen (secondary N) is 2. The fraction of sp³-hybridized carbons (Fsp3) is 0.571. The molecule has 2 rings (SSSR count). The highest BCUT2D eigenvalue weighted by Crippen LogP contribution is 2.44. The minimum absolute atomic E-state index is 0.111. The van der Waals surface area contributed by atoms with Crippen LogP contribution in [0.2, 0.25) is 0 Å². The molecule has 0 aliphatic heterocycles. The summed E-state index contributed by atoms with van der Waals surface area (Å²) in [6.45, 7) is 4.92. The largest absolute Gasteiger partial charge is 0.354 e. The van der Waals surface area contributed by atoms with E-state index in [1.54, 1.807) is 24.0 Å². The number of carbonyl (C=O) groups excluding carboxylic acids is 1. The predicted molar refractivity (Wildman–Crippen MR) is 82.9 cm³/mol. The van der Waals surface area contributed by atoms with E-state index in [0.717, 1.165) is 0 Å². The third-order valence-corrected chi connectivity index (χ3v) is 4.31. The Labute approximate surface area is 126 Å². The number of rotatable bonds is 4. The molecule has 5 nitrogen and oxygen atoms in total. The van der Waals surface area contributed by atoms with Gasteiger partial charge in [0.15, 0.2) is 0 Å². The first kappa shape index (κ1) is 15.1. The summed E-state index contributed by atoms with van der Waals surface area (Å²) < 4.78 is 2.14. The van der Waals surface area contributed by atoms with Crippen LogP contribution < -0.4 is 16.1 Å². The van der Waals surface area contributed by atoms with Gasteiger partial charge in [0.2, 0.25) is 5.43 Å². The SMILES string of the molecule is Cn1cc(Br)c(=O)c(NC(=O)NCC(C)(C)C2CC2)c1. The van der Waals surface area contributed by atoms with Crippen LogP contribution in [0.4, 0.5) is 10.5 Å². The van der Waals surface area contributed by atoms with Gasteiger partial charge in [-0.3, -0.25) is 4.79 Å². The monoisotopic (exact) mass is 341 g/mol. The van der Waals surface area contributed by atoms with Crippen molar-refractivity contribution in [3.63, 3.8) is 0 Å². The van der Waals surface area contributed by atoms with Gasteiger partial charge in [-0.2, -0.15) is 0 Å². The first-order valence-corrected chi connectivity index (χ1v) is 7.49. The van der Waals surface area contributed by atoms with Crippen LogP contribution >= 0.6 is 15.9 Å². The second-order valence-electron chi connectivity index (χ2n) is 6.08. The Morgan fingerprint density at radius 3 is 2.70 bits per heavy atom. The minimum atomic E-state index is -0.339. The maximum absolute atomic E-state index is 11.9. The molecule has 0 bridgehead atoms. The van der Waals surface area contributed by atoms with Gasteiger partial charge in [0.05, 0.1) is 4.47 Å². The van der Waals surface area contributed by atoms with Gasteiger partial charge in [-0.15, -0.1) is 0 Å². The number of anilines is 1. The zero-order valence-corrected chi connectivity index (χ0v) is 13.6. The molecule has 1 heterocycles. The van der Waals surface area contributed by atoms with Gasteiger partial charge in [-0.1, -0.05) is 13.8 Å². The van der Waals surface area contributed by atoms with Crippen LogP contribution in [0.25, 0.3) is 0 Å². The molecule has 6 heteroatoms. The van der Waals surface area contributed by atoms with E-state index in [2.05, 4.69) is 40.4 Å². The molecule has 1 aliphatic carbocycles. The van der Waals surface area contributed by atoms with E-state index >= 15 is 0 Å². The van der Waals surface area contributed by atoms with E-state index < -0.39 is 0 Å². The Morgan fingerprint density at radius 2 is 2.10 bits per heavy atom. The number of aryl methyl sites for hydroxylation is 1. The summed E-state index contributed by atoms with van der Waals surface area (Å²) in [5, 5.41) is 5.46. The van der Waals surface area contributed by atoms with Crippen molar-refractivity contribution in [2.75, 3.05) is 11.9 Å². The number of aromatic nitrogens is 1. The van der Waals surface area contributed by atoms with E-state index in [9.17, 15) is 9.59 Å². The minimum Gasteiger partial charge on any atom is -0.354 e. The van der Waals surface area contributed by atoms with Crippen LogP contribution in [-0.2, 0) is 7.05 Å². The van der Waals surface area contributed by atoms with Crippen LogP contribution in [-0.4, -0.2) is 17.1 Å². The smallest absolute Gasteiger partial charge is 0.319 e. The zero-order valence-electron chi connectivity index (χ0n) is 12.0. The van der Waals surface area contributed by atoms with E-state index in [1.165, 1.54) is 12.8 Å². The van der Waals surface area contributed by atoms with Gasteiger partial charge >= 0.3 is 6.03 Å². The lowest BCUT2D eigenvalue weighted by molar-refractivity contribution is 0.239. The zero-order chi connectivity index (χ0) is 14.9. The van der Waals surface area contributed by atoms with Crippen molar-refractivity contribution in [2.24, 2.45) is 18.4 Å². The van der Waals surface area contributed by atoms with Gasteiger partial charge < -0.3 is 15.2 Å². The second kappa shape index (κ2) is 5.60. The average molecular weight is 342 g/mol. The highest BCUT2D eigenvalue weighted by Gasteiger charge is 2.37. The molecule has 1 aromatic heterocycles. The molecule has 0 atom stereocenters. The number of pyridine rings is 1. The molecule has 1 aliphatic rings. The molecule has 2 N–H and O–H groups in total. The number of nitrogens with zero attached hydrogens (tertiary/aromatic N) is 1. The molecule has 1 aromatic rings. The summed E-state index contributed by atoms with van der Waals surface area (Å²) in [5.74, 6) is 0.696. The lowest BCUT2D eigenvalue weighted by Crippen LogP contribution is -2.38. The Balaban J connectivity index is 1.96. The highest BCUT2D eigenvalue weighted by atomic mass is 79.9. The van der Waals surface area contributed by atoms with Gasteiger partial charge in [-0.05, 0) is 40.1 Å². The Morgan fingerprint density at radius 1 is 1.45 bits per heavy atom. The van der Waals surface area contributed by atoms with Gasteiger partial charge in [0, 0.05) is 26.0 Å². The molecule has 20 heavy (non-hydrogen) atoms. The van der Waals surface area contributed by atoms with Crippen LogP contribution in [0, 0.1) is 11.3 Å². The summed E-state index contributed by atoms with van der Waals surface area (Å²) in [7, 11) is 1.80. The van der Waals surface area contributed by atoms with Crippen LogP contribution in [0.5, 0.6) is 0 Å². The first-order valence-electron chi connectivity index (χ1n) is 6.70. The maximum Gasteiger partial charge on any atom is 0.319 e. The number of hydrogen-bond acceptors (Lipinski definition) is 2. The number of hydrogen-bond donors (Lipinski definition) is 2. The summed E-state index contributed by atoms with van der Waals surface area (Å²) in [5.41, 5.74) is 0.155. The fourth-order valence-electron chi connectivity index (χ4n) is 2.24. The molecule has 0 radical (unpaired) electrons. The molecular weight excluding hydrogens is 322 g/mol. The van der Waals surface area contributed by atoms with Crippen molar-refractivity contribution in [3.8, 4) is 0 Å². The number of halogens is 1. The topological polar surface area (TPSA) is 63.1 Å². The summed E-state index contributed by atoms with van der Waals surface area (Å²) >= 11 is 3.18. The molecule has 110 valence electrons. The van der Waals surface area contributed by atoms with Gasteiger partial charge in [-0.25, -0.2) is 4.79 Å². The van der Waals surface area contributed by atoms with Crippen molar-refractivity contribution < 1.29 is 4.79 Å². The molecule has 1 saturated carbocycles.